The summed E-state index contributed by atoms with van der Waals surface area (Å²) in [5.41, 5.74) is 5.39. The number of thiophene rings is 1. The maximum atomic E-state index is 13.6. The summed E-state index contributed by atoms with van der Waals surface area (Å²) >= 11 is 15.7. The summed E-state index contributed by atoms with van der Waals surface area (Å²) < 4.78 is 2.45. The van der Waals surface area contributed by atoms with E-state index in [9.17, 15) is 4.79 Å². The second-order valence-corrected chi connectivity index (χ2v) is 10.5. The van der Waals surface area contributed by atoms with E-state index in [4.69, 9.17) is 28.2 Å². The lowest BCUT2D eigenvalue weighted by atomic mass is 9.85. The molecule has 32 heavy (non-hydrogen) atoms. The van der Waals surface area contributed by atoms with Crippen LogP contribution in [-0.4, -0.2) is 4.57 Å². The minimum absolute atomic E-state index is 0.0476. The van der Waals surface area contributed by atoms with Gasteiger partial charge in [-0.1, -0.05) is 77.0 Å². The zero-order valence-electron chi connectivity index (χ0n) is 16.7. The number of fused-ring (bicyclic) bond motifs is 3. The zero-order valence-corrected chi connectivity index (χ0v) is 19.9. The molecule has 4 aromatic rings. The summed E-state index contributed by atoms with van der Waals surface area (Å²) in [5, 5.41) is 2.98. The molecular formula is C25H16Cl2N2OS2. The van der Waals surface area contributed by atoms with Gasteiger partial charge in [-0.05, 0) is 53.1 Å². The summed E-state index contributed by atoms with van der Waals surface area (Å²) in [5.74, 6) is 0. The second-order valence-electron chi connectivity index (χ2n) is 7.77. The molecule has 3 heterocycles. The lowest BCUT2D eigenvalue weighted by Gasteiger charge is -2.30. The molecule has 1 aliphatic heterocycles. The first kappa shape index (κ1) is 20.2. The Hall–Kier alpha value is -2.44. The average molecular weight is 495 g/mol. The van der Waals surface area contributed by atoms with Crippen LogP contribution in [0.15, 0.2) is 75.3 Å². The van der Waals surface area contributed by atoms with Crippen molar-refractivity contribution in [3.05, 3.63) is 117 Å². The number of nitrogens with zero attached hydrogens (tertiary/aromatic N) is 2. The van der Waals surface area contributed by atoms with E-state index in [1.165, 1.54) is 28.0 Å². The molecule has 0 bridgehead atoms. The van der Waals surface area contributed by atoms with E-state index >= 15 is 0 Å². The number of benzene rings is 2. The Kier molecular flexibility index (Phi) is 4.95. The fraction of sp³-hybridized carbons (Fsp3) is 0.120. The van der Waals surface area contributed by atoms with Crippen LogP contribution in [0.3, 0.4) is 0 Å². The number of aromatic nitrogens is 1. The van der Waals surface area contributed by atoms with Crippen molar-refractivity contribution in [2.45, 2.75) is 18.9 Å². The van der Waals surface area contributed by atoms with Crippen molar-refractivity contribution in [2.75, 3.05) is 0 Å². The van der Waals surface area contributed by atoms with Crippen molar-refractivity contribution < 1.29 is 0 Å². The number of rotatable bonds is 2. The lowest BCUT2D eigenvalue weighted by molar-refractivity contribution is 0.593. The monoisotopic (exact) mass is 494 g/mol. The molecule has 158 valence electrons. The summed E-state index contributed by atoms with van der Waals surface area (Å²) in [6.07, 6.45) is 3.66. The third-order valence-corrected chi connectivity index (χ3v) is 8.69. The number of hydrogen-bond acceptors (Lipinski definition) is 4. The Bertz CT molecular complexity index is 1580. The molecule has 0 fully saturated rings. The zero-order chi connectivity index (χ0) is 21.8. The van der Waals surface area contributed by atoms with Gasteiger partial charge in [0.1, 0.15) is 0 Å². The standard InChI is InChI=1S/C25H16Cl2N2OS2/c26-18-8-3-6-15(21(18)27)13-20-24(30)29-23(19-9-4-12-31-19)17-11-10-14-5-1-2-7-16(14)22(17)28-25(29)32-20/h1-9,12-13,23H,10-11H2/b20-13-/t23-/m1/s1. The van der Waals surface area contributed by atoms with Gasteiger partial charge >= 0.3 is 0 Å². The van der Waals surface area contributed by atoms with E-state index in [0.29, 0.717) is 19.4 Å². The van der Waals surface area contributed by atoms with Gasteiger partial charge in [0.2, 0.25) is 0 Å². The molecule has 0 saturated heterocycles. The van der Waals surface area contributed by atoms with Crippen molar-refractivity contribution >= 4 is 57.6 Å². The maximum absolute atomic E-state index is 13.6. The molecule has 0 radical (unpaired) electrons. The maximum Gasteiger partial charge on any atom is 0.271 e. The normalized spacial score (nSPS) is 17.6. The van der Waals surface area contributed by atoms with E-state index in [1.54, 1.807) is 17.4 Å². The quantitative estimate of drug-likeness (QED) is 0.352. The van der Waals surface area contributed by atoms with E-state index in [0.717, 1.165) is 29.0 Å². The summed E-state index contributed by atoms with van der Waals surface area (Å²) in [7, 11) is 0. The second kappa shape index (κ2) is 7.85. The van der Waals surface area contributed by atoms with Gasteiger partial charge in [-0.3, -0.25) is 9.36 Å². The molecule has 0 unspecified atom stereocenters. The summed E-state index contributed by atoms with van der Waals surface area (Å²) in [4.78, 5) is 20.5. The Labute approximate surface area is 202 Å². The number of hydrogen-bond donors (Lipinski definition) is 0. The largest absolute Gasteiger partial charge is 0.271 e. The van der Waals surface area contributed by atoms with Gasteiger partial charge in [-0.25, -0.2) is 4.99 Å². The Morgan fingerprint density at radius 1 is 1.03 bits per heavy atom. The molecule has 7 heteroatoms. The molecule has 2 aromatic carbocycles. The number of aryl methyl sites for hydroxylation is 1. The Morgan fingerprint density at radius 2 is 1.91 bits per heavy atom. The van der Waals surface area contributed by atoms with Gasteiger partial charge in [0.15, 0.2) is 4.80 Å². The first-order valence-corrected chi connectivity index (χ1v) is 12.7. The van der Waals surface area contributed by atoms with Crippen molar-refractivity contribution in [1.82, 2.24) is 4.57 Å². The molecule has 3 nitrogen and oxygen atoms in total. The third-order valence-electron chi connectivity index (χ3n) is 5.95. The van der Waals surface area contributed by atoms with Gasteiger partial charge in [0, 0.05) is 10.4 Å². The van der Waals surface area contributed by atoms with Gasteiger partial charge in [-0.15, -0.1) is 11.3 Å². The number of allylic oxidation sites excluding steroid dienone is 1. The fourth-order valence-electron chi connectivity index (χ4n) is 4.49. The highest BCUT2D eigenvalue weighted by atomic mass is 35.5. The first-order chi connectivity index (χ1) is 15.6. The van der Waals surface area contributed by atoms with Crippen LogP contribution in [0, 0.1) is 0 Å². The van der Waals surface area contributed by atoms with Crippen molar-refractivity contribution in [2.24, 2.45) is 4.99 Å². The van der Waals surface area contributed by atoms with E-state index in [-0.39, 0.29) is 11.6 Å². The van der Waals surface area contributed by atoms with E-state index in [1.807, 2.05) is 28.8 Å². The third kappa shape index (κ3) is 3.15. The number of halogens is 2. The van der Waals surface area contributed by atoms with Gasteiger partial charge in [0.25, 0.3) is 5.56 Å². The molecule has 0 saturated carbocycles. The predicted octanol–water partition coefficient (Wildman–Crippen LogP) is 5.69. The summed E-state index contributed by atoms with van der Waals surface area (Å²) in [6, 6.07) is 17.9. The number of thiazole rings is 1. The van der Waals surface area contributed by atoms with Crippen LogP contribution in [0.1, 0.15) is 34.0 Å². The Morgan fingerprint density at radius 3 is 2.75 bits per heavy atom. The average Bonchev–Trinajstić information content (AvgIpc) is 3.44. The van der Waals surface area contributed by atoms with Crippen LogP contribution >= 0.6 is 45.9 Å². The highest BCUT2D eigenvalue weighted by Crippen LogP contribution is 2.42. The summed E-state index contributed by atoms with van der Waals surface area (Å²) in [6.45, 7) is 0. The highest BCUT2D eigenvalue weighted by molar-refractivity contribution is 7.10. The molecule has 1 aliphatic carbocycles. The van der Waals surface area contributed by atoms with Crippen LogP contribution in [0.4, 0.5) is 0 Å². The van der Waals surface area contributed by atoms with Crippen LogP contribution in [0.2, 0.25) is 10.0 Å². The molecule has 0 amide bonds. The van der Waals surface area contributed by atoms with E-state index in [2.05, 4.69) is 35.7 Å². The molecule has 6 rings (SSSR count). The van der Waals surface area contributed by atoms with Crippen LogP contribution in [0.25, 0.3) is 11.8 Å². The molecular weight excluding hydrogens is 479 g/mol. The SMILES string of the molecule is O=c1/c(=C/c2cccc(Cl)c2Cl)sc2n1[C@@H](c1cccs1)C1=C(N=2)c2ccccc2CC1. The van der Waals surface area contributed by atoms with Crippen LogP contribution in [0.5, 0.6) is 0 Å². The van der Waals surface area contributed by atoms with Gasteiger partial charge < -0.3 is 0 Å². The molecule has 2 aliphatic rings. The highest BCUT2D eigenvalue weighted by Gasteiger charge is 2.32. The van der Waals surface area contributed by atoms with Gasteiger partial charge in [-0.2, -0.15) is 0 Å². The molecule has 1 atom stereocenters. The van der Waals surface area contributed by atoms with Crippen molar-refractivity contribution in [3.63, 3.8) is 0 Å². The molecule has 0 N–H and O–H groups in total. The first-order valence-electron chi connectivity index (χ1n) is 10.2. The topological polar surface area (TPSA) is 34.4 Å². The lowest BCUT2D eigenvalue weighted by Crippen LogP contribution is -2.38. The molecule has 2 aromatic heterocycles. The Balaban J connectivity index is 1.63. The van der Waals surface area contributed by atoms with Crippen LogP contribution < -0.4 is 14.9 Å². The van der Waals surface area contributed by atoms with Crippen molar-refractivity contribution in [1.29, 1.82) is 0 Å². The predicted molar refractivity (Wildman–Crippen MR) is 134 cm³/mol. The smallest absolute Gasteiger partial charge is 0.271 e. The van der Waals surface area contributed by atoms with Crippen molar-refractivity contribution in [3.8, 4) is 0 Å². The molecule has 0 spiro atoms. The fourth-order valence-corrected chi connectivity index (χ4v) is 6.69. The minimum atomic E-state index is -0.133. The van der Waals surface area contributed by atoms with Crippen LogP contribution in [-0.2, 0) is 6.42 Å². The minimum Gasteiger partial charge on any atom is -0.271 e. The van der Waals surface area contributed by atoms with E-state index < -0.39 is 0 Å². The van der Waals surface area contributed by atoms with Gasteiger partial charge in [0.05, 0.1) is 26.3 Å².